The summed E-state index contributed by atoms with van der Waals surface area (Å²) in [5, 5.41) is 1.30. The summed E-state index contributed by atoms with van der Waals surface area (Å²) >= 11 is -0.432. The quantitative estimate of drug-likeness (QED) is 0.508. The molecule has 0 N–H and O–H groups in total. The molecule has 82 valence electrons. The van der Waals surface area contributed by atoms with Crippen LogP contribution in [0.15, 0.2) is 18.2 Å². The first-order valence-corrected chi connectivity index (χ1v) is 7.67. The molecule has 1 aromatic carbocycles. The second-order valence-corrected chi connectivity index (χ2v) is 8.06. The molecule has 2 rings (SSSR count). The Balaban J connectivity index is 2.85. The molecule has 0 aliphatic carbocycles. The predicted octanol–water partition coefficient (Wildman–Crippen LogP) is 4.05. The van der Waals surface area contributed by atoms with Gasteiger partial charge in [-0.3, -0.25) is 0 Å². The van der Waals surface area contributed by atoms with Gasteiger partial charge in [-0.25, -0.2) is 0 Å². The van der Waals surface area contributed by atoms with Crippen molar-refractivity contribution in [3.63, 3.8) is 0 Å². The number of aryl methyl sites for hydroxylation is 1. The maximum atomic E-state index is 7.14. The zero-order valence-electron chi connectivity index (χ0n) is 10.1. The van der Waals surface area contributed by atoms with Crippen molar-refractivity contribution in [3.05, 3.63) is 40.7 Å². The van der Waals surface area contributed by atoms with Gasteiger partial charge in [0.15, 0.2) is 0 Å². The molecule has 0 amide bonds. The molecule has 0 saturated heterocycles. The molecule has 0 unspecified atom stereocenters. The minimum absolute atomic E-state index is 0.186. The number of nitrogens with zero attached hydrogens (tertiary/aromatic N) is 1. The maximum absolute atomic E-state index is 7.14. The SMILES string of the molecule is [C-]#[N+]c1cc2ccc(C)c(C(C)(C)C)c2[te]1. The molecule has 0 spiro atoms. The first-order valence-electron chi connectivity index (χ1n) is 5.34. The fourth-order valence-electron chi connectivity index (χ4n) is 2.18. The van der Waals surface area contributed by atoms with Gasteiger partial charge in [0.05, 0.1) is 0 Å². The van der Waals surface area contributed by atoms with Gasteiger partial charge in [0.1, 0.15) is 0 Å². The van der Waals surface area contributed by atoms with E-state index in [1.165, 1.54) is 19.9 Å². The molecule has 2 aromatic rings. The first kappa shape index (κ1) is 11.7. The van der Waals surface area contributed by atoms with Gasteiger partial charge in [-0.2, -0.15) is 0 Å². The Labute approximate surface area is 107 Å². The number of fused-ring (bicyclic) bond motifs is 1. The summed E-state index contributed by atoms with van der Waals surface area (Å²) in [6.07, 6.45) is 0. The van der Waals surface area contributed by atoms with Gasteiger partial charge in [0.2, 0.25) is 0 Å². The summed E-state index contributed by atoms with van der Waals surface area (Å²) in [5.41, 5.74) is 3.03. The van der Waals surface area contributed by atoms with E-state index in [2.05, 4.69) is 50.7 Å². The summed E-state index contributed by atoms with van der Waals surface area (Å²) in [4.78, 5) is 3.62. The van der Waals surface area contributed by atoms with E-state index in [1.807, 2.05) is 0 Å². The second kappa shape index (κ2) is 3.92. The van der Waals surface area contributed by atoms with E-state index in [0.717, 1.165) is 3.70 Å². The van der Waals surface area contributed by atoms with Crippen molar-refractivity contribution in [2.75, 3.05) is 0 Å². The van der Waals surface area contributed by atoms with E-state index in [-0.39, 0.29) is 5.41 Å². The van der Waals surface area contributed by atoms with Crippen molar-refractivity contribution in [3.8, 4) is 0 Å². The van der Waals surface area contributed by atoms with E-state index < -0.39 is 20.4 Å². The average molecular weight is 325 g/mol. The van der Waals surface area contributed by atoms with Crippen LogP contribution in [0.3, 0.4) is 0 Å². The van der Waals surface area contributed by atoms with E-state index in [4.69, 9.17) is 6.57 Å². The Morgan fingerprint density at radius 1 is 1.25 bits per heavy atom. The minimum atomic E-state index is -0.432. The average Bonchev–Trinajstić information content (AvgIpc) is 2.57. The summed E-state index contributed by atoms with van der Waals surface area (Å²) < 4.78 is 2.49. The van der Waals surface area contributed by atoms with E-state index in [1.54, 1.807) is 0 Å². The van der Waals surface area contributed by atoms with Crippen molar-refractivity contribution in [1.82, 2.24) is 0 Å². The zero-order valence-corrected chi connectivity index (χ0v) is 12.4. The monoisotopic (exact) mass is 327 g/mol. The molecular weight excluding hydrogens is 310 g/mol. The van der Waals surface area contributed by atoms with Crippen LogP contribution in [0.2, 0.25) is 0 Å². The number of hydrogen-bond donors (Lipinski definition) is 0. The molecular formula is C14H15NTe. The van der Waals surface area contributed by atoms with Gasteiger partial charge < -0.3 is 0 Å². The Morgan fingerprint density at radius 2 is 1.94 bits per heavy atom. The van der Waals surface area contributed by atoms with Gasteiger partial charge in [-0.1, -0.05) is 0 Å². The summed E-state index contributed by atoms with van der Waals surface area (Å²) in [6, 6.07) is 6.44. The molecule has 0 saturated carbocycles. The molecule has 1 heterocycles. The molecule has 0 atom stereocenters. The van der Waals surface area contributed by atoms with Crippen LogP contribution in [0.5, 0.6) is 0 Å². The van der Waals surface area contributed by atoms with Crippen molar-refractivity contribution in [2.24, 2.45) is 0 Å². The normalized spacial score (nSPS) is 11.7. The van der Waals surface area contributed by atoms with Gasteiger partial charge >= 0.3 is 107 Å². The number of hydrogen-bond acceptors (Lipinski definition) is 0. The molecule has 0 bridgehead atoms. The fraction of sp³-hybridized carbons (Fsp3) is 0.357. The van der Waals surface area contributed by atoms with Crippen LogP contribution in [0.1, 0.15) is 31.9 Å². The second-order valence-electron chi connectivity index (χ2n) is 5.12. The van der Waals surface area contributed by atoms with Crippen LogP contribution in [-0.4, -0.2) is 20.4 Å². The predicted molar refractivity (Wildman–Crippen MR) is 70.6 cm³/mol. The van der Waals surface area contributed by atoms with Crippen LogP contribution in [0.4, 0.5) is 3.70 Å². The molecule has 16 heavy (non-hydrogen) atoms. The summed E-state index contributed by atoms with van der Waals surface area (Å²) in [6.45, 7) is 16.1. The zero-order chi connectivity index (χ0) is 11.9. The van der Waals surface area contributed by atoms with E-state index >= 15 is 0 Å². The van der Waals surface area contributed by atoms with Crippen LogP contribution >= 0.6 is 0 Å². The first-order chi connectivity index (χ1) is 7.43. The van der Waals surface area contributed by atoms with Crippen molar-refractivity contribution >= 4 is 32.9 Å². The molecule has 0 fully saturated rings. The van der Waals surface area contributed by atoms with Crippen LogP contribution in [0, 0.1) is 13.5 Å². The van der Waals surface area contributed by atoms with Gasteiger partial charge in [0, 0.05) is 0 Å². The van der Waals surface area contributed by atoms with Crippen molar-refractivity contribution in [1.29, 1.82) is 0 Å². The molecule has 1 nitrogen and oxygen atoms in total. The summed E-state index contributed by atoms with van der Waals surface area (Å²) in [7, 11) is 0. The number of rotatable bonds is 0. The van der Waals surface area contributed by atoms with E-state index in [9.17, 15) is 0 Å². The third-order valence-corrected chi connectivity index (χ3v) is 5.77. The summed E-state index contributed by atoms with van der Waals surface area (Å²) in [5.74, 6) is 0. The van der Waals surface area contributed by atoms with E-state index in [0.29, 0.717) is 0 Å². The van der Waals surface area contributed by atoms with Crippen molar-refractivity contribution < 1.29 is 0 Å². The number of benzene rings is 1. The van der Waals surface area contributed by atoms with Gasteiger partial charge in [0.25, 0.3) is 0 Å². The third-order valence-electron chi connectivity index (χ3n) is 2.74. The fourth-order valence-corrected chi connectivity index (χ4v) is 5.76. The topological polar surface area (TPSA) is 4.36 Å². The van der Waals surface area contributed by atoms with Crippen LogP contribution < -0.4 is 0 Å². The molecule has 0 aliphatic heterocycles. The van der Waals surface area contributed by atoms with Gasteiger partial charge in [-0.15, -0.1) is 0 Å². The molecule has 1 aromatic heterocycles. The molecule has 0 aliphatic rings. The standard InChI is InChI=1S/C14H15NTe/c1-9-6-7-10-8-11(15-5)16-13(10)12(9)14(2,3)4/h6-8H,1-4H3. The molecule has 0 radical (unpaired) electrons. The van der Waals surface area contributed by atoms with Crippen molar-refractivity contribution in [2.45, 2.75) is 33.1 Å². The Kier molecular flexibility index (Phi) is 2.87. The Hall–Kier alpha value is -0.760. The third kappa shape index (κ3) is 1.91. The van der Waals surface area contributed by atoms with Gasteiger partial charge in [-0.05, 0) is 0 Å². The molecule has 2 heteroatoms. The Bertz CT molecular complexity index is 579. The van der Waals surface area contributed by atoms with Crippen LogP contribution in [-0.2, 0) is 5.41 Å². The Morgan fingerprint density at radius 3 is 2.50 bits per heavy atom. The van der Waals surface area contributed by atoms with Crippen LogP contribution in [0.25, 0.3) is 13.6 Å².